The second-order valence-corrected chi connectivity index (χ2v) is 9.15. The molecular formula is C26H28F2N4O. The predicted octanol–water partition coefficient (Wildman–Crippen LogP) is 4.26. The van der Waals surface area contributed by atoms with Crippen molar-refractivity contribution < 1.29 is 13.5 Å². The number of nitrogens with zero attached hydrogens (tertiary/aromatic N) is 3. The number of halogens is 2. The number of likely N-dealkylation sites (tertiary alicyclic amines) is 1. The largest absolute Gasteiger partial charge is 0.365 e. The molecule has 7 heteroatoms. The Bertz CT molecular complexity index is 1150. The van der Waals surface area contributed by atoms with Gasteiger partial charge in [0, 0.05) is 43.8 Å². The van der Waals surface area contributed by atoms with Gasteiger partial charge in [-0.2, -0.15) is 0 Å². The van der Waals surface area contributed by atoms with Crippen LogP contribution >= 0.6 is 0 Å². The smallest absolute Gasteiger partial charge is 0.159 e. The van der Waals surface area contributed by atoms with Crippen molar-refractivity contribution in [2.24, 2.45) is 0 Å². The van der Waals surface area contributed by atoms with Crippen molar-refractivity contribution in [2.75, 3.05) is 20.1 Å². The number of pyridine rings is 2. The molecule has 2 aliphatic heterocycles. The molecule has 1 saturated heterocycles. The minimum absolute atomic E-state index is 0.193. The van der Waals surface area contributed by atoms with Crippen LogP contribution < -0.4 is 5.32 Å². The van der Waals surface area contributed by atoms with Crippen molar-refractivity contribution in [3.8, 4) is 0 Å². The molecule has 3 aromatic rings. The van der Waals surface area contributed by atoms with Gasteiger partial charge < -0.3 is 10.1 Å². The molecule has 1 aromatic carbocycles. The average Bonchev–Trinajstić information content (AvgIpc) is 3.20. The number of aromatic nitrogens is 2. The standard InChI is InChI=1S/C26H28F2N4O/c1-25(29-2,20-4-5-22(27)23(28)13-20)24-6-3-18(14-31-24)16-32-11-8-26(9-12-32)21-15-30-10-7-19(21)17-33-26/h3-7,10,13-15,29H,8-9,11-12,16-17H2,1-2H3/t25-/m0/s1. The van der Waals surface area contributed by atoms with E-state index in [0.29, 0.717) is 12.2 Å². The predicted molar refractivity (Wildman–Crippen MR) is 121 cm³/mol. The molecule has 5 rings (SSSR count). The van der Waals surface area contributed by atoms with Gasteiger partial charge in [0.15, 0.2) is 11.6 Å². The van der Waals surface area contributed by atoms with Crippen LogP contribution in [0, 0.1) is 11.6 Å². The van der Waals surface area contributed by atoms with Gasteiger partial charge in [-0.25, -0.2) is 8.78 Å². The van der Waals surface area contributed by atoms with Crippen LogP contribution in [0.4, 0.5) is 8.78 Å². The molecule has 1 N–H and O–H groups in total. The molecule has 0 unspecified atom stereocenters. The molecular weight excluding hydrogens is 422 g/mol. The van der Waals surface area contributed by atoms with Gasteiger partial charge in [-0.15, -0.1) is 0 Å². The molecule has 0 aliphatic carbocycles. The molecule has 0 saturated carbocycles. The van der Waals surface area contributed by atoms with E-state index in [0.717, 1.165) is 49.8 Å². The summed E-state index contributed by atoms with van der Waals surface area (Å²) in [5, 5.41) is 3.21. The highest BCUT2D eigenvalue weighted by Crippen LogP contribution is 2.43. The molecule has 1 spiro atoms. The zero-order chi connectivity index (χ0) is 23.1. The van der Waals surface area contributed by atoms with Crippen LogP contribution in [-0.4, -0.2) is 35.0 Å². The second-order valence-electron chi connectivity index (χ2n) is 9.15. The van der Waals surface area contributed by atoms with Gasteiger partial charge in [-0.3, -0.25) is 14.9 Å². The molecule has 1 atom stereocenters. The first-order valence-electron chi connectivity index (χ1n) is 11.3. The minimum atomic E-state index is -0.863. The van der Waals surface area contributed by atoms with E-state index in [1.54, 1.807) is 13.1 Å². The Labute approximate surface area is 192 Å². The maximum Gasteiger partial charge on any atom is 0.159 e. The third kappa shape index (κ3) is 3.94. The molecule has 0 bridgehead atoms. The fraction of sp³-hybridized carbons (Fsp3) is 0.385. The van der Waals surface area contributed by atoms with Crippen LogP contribution in [0.15, 0.2) is 55.0 Å². The zero-order valence-corrected chi connectivity index (χ0v) is 18.9. The zero-order valence-electron chi connectivity index (χ0n) is 18.9. The Morgan fingerprint density at radius 1 is 1.09 bits per heavy atom. The number of benzene rings is 1. The second kappa shape index (κ2) is 8.56. The quantitative estimate of drug-likeness (QED) is 0.630. The third-order valence-electron chi connectivity index (χ3n) is 7.31. The van der Waals surface area contributed by atoms with Crippen molar-refractivity contribution in [3.63, 3.8) is 0 Å². The number of hydrogen-bond donors (Lipinski definition) is 1. The lowest BCUT2D eigenvalue weighted by Gasteiger charge is -2.39. The Morgan fingerprint density at radius 2 is 1.91 bits per heavy atom. The summed E-state index contributed by atoms with van der Waals surface area (Å²) in [4.78, 5) is 11.4. The van der Waals surface area contributed by atoms with Crippen LogP contribution in [0.25, 0.3) is 0 Å². The highest BCUT2D eigenvalue weighted by Gasteiger charge is 2.42. The fourth-order valence-corrected chi connectivity index (χ4v) is 5.04. The van der Waals surface area contributed by atoms with Crippen LogP contribution in [0.3, 0.4) is 0 Å². The highest BCUT2D eigenvalue weighted by atomic mass is 19.2. The Balaban J connectivity index is 1.26. The van der Waals surface area contributed by atoms with Gasteiger partial charge in [0.05, 0.1) is 23.4 Å². The van der Waals surface area contributed by atoms with Crippen LogP contribution in [0.2, 0.25) is 0 Å². The molecule has 2 aromatic heterocycles. The van der Waals surface area contributed by atoms with E-state index in [9.17, 15) is 8.78 Å². The van der Waals surface area contributed by atoms with Crippen LogP contribution in [0.1, 0.15) is 47.7 Å². The van der Waals surface area contributed by atoms with E-state index in [2.05, 4.69) is 32.3 Å². The Hall–Kier alpha value is -2.74. The van der Waals surface area contributed by atoms with Crippen LogP contribution in [-0.2, 0) is 29.0 Å². The van der Waals surface area contributed by atoms with E-state index in [4.69, 9.17) is 4.74 Å². The first-order valence-corrected chi connectivity index (χ1v) is 11.3. The van der Waals surface area contributed by atoms with Gasteiger partial charge >= 0.3 is 0 Å². The van der Waals surface area contributed by atoms with Gasteiger partial charge in [0.1, 0.15) is 0 Å². The molecule has 2 aliphatic rings. The maximum absolute atomic E-state index is 13.8. The summed E-state index contributed by atoms with van der Waals surface area (Å²) >= 11 is 0. The Kier molecular flexibility index (Phi) is 5.72. The molecule has 4 heterocycles. The van der Waals surface area contributed by atoms with Crippen molar-refractivity contribution in [1.82, 2.24) is 20.2 Å². The average molecular weight is 451 g/mol. The number of rotatable bonds is 5. The van der Waals surface area contributed by atoms with Crippen LogP contribution in [0.5, 0.6) is 0 Å². The van der Waals surface area contributed by atoms with E-state index < -0.39 is 17.2 Å². The SMILES string of the molecule is CN[C@@](C)(c1ccc(F)c(F)c1)c1ccc(CN2CCC3(CC2)OCc2ccncc23)cn1. The lowest BCUT2D eigenvalue weighted by Crippen LogP contribution is -2.42. The maximum atomic E-state index is 13.8. The van der Waals surface area contributed by atoms with Gasteiger partial charge in [0.25, 0.3) is 0 Å². The molecule has 33 heavy (non-hydrogen) atoms. The summed E-state index contributed by atoms with van der Waals surface area (Å²) in [6.45, 7) is 5.29. The molecule has 0 radical (unpaired) electrons. The molecule has 172 valence electrons. The van der Waals surface area contributed by atoms with Crippen molar-refractivity contribution in [2.45, 2.75) is 44.1 Å². The summed E-state index contributed by atoms with van der Waals surface area (Å²) in [5.41, 5.74) is 4.07. The third-order valence-corrected chi connectivity index (χ3v) is 7.31. The lowest BCUT2D eigenvalue weighted by atomic mass is 9.84. The van der Waals surface area contributed by atoms with Gasteiger partial charge in [-0.1, -0.05) is 12.1 Å². The summed E-state index contributed by atoms with van der Waals surface area (Å²) in [7, 11) is 1.79. The molecule has 5 nitrogen and oxygen atoms in total. The fourth-order valence-electron chi connectivity index (χ4n) is 5.04. The first-order chi connectivity index (χ1) is 15.9. The number of hydrogen-bond acceptors (Lipinski definition) is 5. The van der Waals surface area contributed by atoms with E-state index >= 15 is 0 Å². The highest BCUT2D eigenvalue weighted by molar-refractivity contribution is 5.36. The topological polar surface area (TPSA) is 50.3 Å². The summed E-state index contributed by atoms with van der Waals surface area (Å²) in [6.07, 6.45) is 7.57. The minimum Gasteiger partial charge on any atom is -0.365 e. The van der Waals surface area contributed by atoms with Crippen molar-refractivity contribution in [1.29, 1.82) is 0 Å². The van der Waals surface area contributed by atoms with E-state index in [1.807, 2.05) is 31.6 Å². The first kappa shape index (κ1) is 22.1. The summed E-state index contributed by atoms with van der Waals surface area (Å²) in [6, 6.07) is 10.0. The number of nitrogens with one attached hydrogen (secondary N) is 1. The van der Waals surface area contributed by atoms with Gasteiger partial charge in [0.2, 0.25) is 0 Å². The van der Waals surface area contributed by atoms with E-state index in [1.165, 1.54) is 17.2 Å². The lowest BCUT2D eigenvalue weighted by molar-refractivity contribution is -0.0800. The molecule has 0 amide bonds. The number of ether oxygens (including phenoxy) is 1. The summed E-state index contributed by atoms with van der Waals surface area (Å²) < 4.78 is 33.5. The monoisotopic (exact) mass is 450 g/mol. The van der Waals surface area contributed by atoms with Gasteiger partial charge in [-0.05, 0) is 67.8 Å². The van der Waals surface area contributed by atoms with Crippen molar-refractivity contribution in [3.05, 3.63) is 94.6 Å². The van der Waals surface area contributed by atoms with E-state index in [-0.39, 0.29) is 5.60 Å². The molecule has 1 fully saturated rings. The number of fused-ring (bicyclic) bond motifs is 2. The normalized spacial score (nSPS) is 19.4. The Morgan fingerprint density at radius 3 is 2.61 bits per heavy atom. The number of piperidine rings is 1. The summed E-state index contributed by atoms with van der Waals surface area (Å²) in [5.74, 6) is -1.72. The van der Waals surface area contributed by atoms with Crippen molar-refractivity contribution >= 4 is 0 Å².